The van der Waals surface area contributed by atoms with Gasteiger partial charge in [-0.15, -0.1) is 0 Å². The van der Waals surface area contributed by atoms with Crippen molar-refractivity contribution in [3.63, 3.8) is 0 Å². The van der Waals surface area contributed by atoms with E-state index in [1.165, 1.54) is 28.7 Å². The van der Waals surface area contributed by atoms with Crippen LogP contribution in [-0.4, -0.2) is 51.5 Å². The highest BCUT2D eigenvalue weighted by atomic mass is 16.6. The molecule has 2 N–H and O–H groups in total. The lowest BCUT2D eigenvalue weighted by atomic mass is 9.82. The van der Waals surface area contributed by atoms with Gasteiger partial charge in [0.25, 0.3) is 11.6 Å². The number of carbonyl (C=O) groups is 2. The molecule has 2 aromatic rings. The van der Waals surface area contributed by atoms with E-state index in [9.17, 15) is 29.9 Å². The molecule has 0 fully saturated rings. The largest absolute Gasteiger partial charge is 0.395 e. The number of hydrogen-bond donors (Lipinski definition) is 2. The second kappa shape index (κ2) is 14.7. The second-order valence-corrected chi connectivity index (χ2v) is 11.0. The average molecular weight is 576 g/mol. The molecule has 3 rings (SSSR count). The van der Waals surface area contributed by atoms with Gasteiger partial charge in [-0.3, -0.25) is 19.7 Å². The number of anilines is 1. The average Bonchev–Trinajstić information content (AvgIpc) is 3.18. The molecule has 2 aromatic carbocycles. The third kappa shape index (κ3) is 7.80. The van der Waals surface area contributed by atoms with E-state index in [2.05, 4.69) is 6.08 Å². The fourth-order valence-corrected chi connectivity index (χ4v) is 5.03. The lowest BCUT2D eigenvalue weighted by molar-refractivity contribution is -0.385. The Bertz CT molecular complexity index is 1360. The van der Waals surface area contributed by atoms with E-state index < -0.39 is 22.3 Å². The van der Waals surface area contributed by atoms with Crippen molar-refractivity contribution < 1.29 is 24.7 Å². The maximum absolute atomic E-state index is 13.7. The number of nitro groups is 1. The Morgan fingerprint density at radius 3 is 2.50 bits per heavy atom. The molecule has 9 heteroatoms. The molecule has 0 aromatic heterocycles. The number of carbonyl (C=O) groups excluding carboxylic acids is 2. The number of aliphatic hydroxyl groups excluding tert-OH is 1. The van der Waals surface area contributed by atoms with Gasteiger partial charge in [0.2, 0.25) is 5.91 Å². The molecular weight excluding hydrogens is 534 g/mol. The number of aliphatic hydroxyl groups is 2. The molecule has 42 heavy (non-hydrogen) atoms. The van der Waals surface area contributed by atoms with E-state index in [0.717, 1.165) is 24.0 Å². The summed E-state index contributed by atoms with van der Waals surface area (Å²) in [6, 6.07) is 13.5. The Hall–Kier alpha value is -4.08. The van der Waals surface area contributed by atoms with E-state index in [-0.39, 0.29) is 43.3 Å². The van der Waals surface area contributed by atoms with Gasteiger partial charge in [-0.25, -0.2) is 0 Å². The molecule has 224 valence electrons. The van der Waals surface area contributed by atoms with E-state index in [1.54, 1.807) is 24.0 Å². The van der Waals surface area contributed by atoms with E-state index in [0.29, 0.717) is 12.2 Å². The van der Waals surface area contributed by atoms with Crippen LogP contribution in [0.1, 0.15) is 58.1 Å². The van der Waals surface area contributed by atoms with Gasteiger partial charge < -0.3 is 20.0 Å². The van der Waals surface area contributed by atoms with Crippen LogP contribution < -0.4 is 4.90 Å². The van der Waals surface area contributed by atoms with Crippen LogP contribution in [0.4, 0.5) is 11.4 Å². The van der Waals surface area contributed by atoms with E-state index >= 15 is 0 Å². The number of benzene rings is 2. The van der Waals surface area contributed by atoms with Crippen molar-refractivity contribution >= 4 is 23.2 Å². The normalized spacial score (nSPS) is 17.3. The molecule has 2 amide bonds. The minimum Gasteiger partial charge on any atom is -0.395 e. The number of nitrogens with zero attached hydrogens (tertiary/aromatic N) is 3. The van der Waals surface area contributed by atoms with Gasteiger partial charge >= 0.3 is 0 Å². The zero-order chi connectivity index (χ0) is 30.9. The van der Waals surface area contributed by atoms with Crippen LogP contribution >= 0.6 is 0 Å². The van der Waals surface area contributed by atoms with Gasteiger partial charge in [0.1, 0.15) is 0 Å². The Kier molecular flexibility index (Phi) is 11.4. The van der Waals surface area contributed by atoms with Crippen LogP contribution in [0.25, 0.3) is 0 Å². The summed E-state index contributed by atoms with van der Waals surface area (Å²) in [6.07, 6.45) is 9.00. The molecule has 0 saturated heterocycles. The lowest BCUT2D eigenvalue weighted by Gasteiger charge is -2.27. The first-order valence-corrected chi connectivity index (χ1v) is 14.2. The summed E-state index contributed by atoms with van der Waals surface area (Å²) in [5.74, 6) is -1.57. The second-order valence-electron chi connectivity index (χ2n) is 11.0. The lowest BCUT2D eigenvalue weighted by Crippen LogP contribution is -2.44. The van der Waals surface area contributed by atoms with Crippen LogP contribution in [0.5, 0.6) is 0 Å². The Balaban J connectivity index is 1.81. The summed E-state index contributed by atoms with van der Waals surface area (Å²) in [6.45, 7) is 8.29. The molecule has 0 spiro atoms. The predicted molar refractivity (Wildman–Crippen MR) is 164 cm³/mol. The van der Waals surface area contributed by atoms with Gasteiger partial charge in [-0.2, -0.15) is 0 Å². The molecule has 1 aliphatic heterocycles. The molecule has 0 unspecified atom stereocenters. The number of allylic oxidation sites excluding steroid dienone is 3. The molecule has 1 aliphatic rings. The highest BCUT2D eigenvalue weighted by molar-refractivity contribution is 6.07. The number of nitro benzene ring substituents is 1. The molecular formula is C33H41N3O6. The summed E-state index contributed by atoms with van der Waals surface area (Å²) in [5, 5.41) is 32.9. The standard InChI is InChI=1S/C33H41N3O6/c1-24(2)10-8-11-25(3)18-19-35-30-17-16-28(36(41)42)22-29(30)33(40,32(35)39)26(4)12-9-15-31(38)34(20-21-37)23-27-13-6-5-7-14-27/h5-7,9-10,12-14,16-18,22,26,37,40H,8,11,15,19-21,23H2,1-4H3/b12-9+,25-18+/t26-,33+/m0/s1. The van der Waals surface area contributed by atoms with E-state index in [1.807, 2.05) is 57.2 Å². The maximum Gasteiger partial charge on any atom is 0.269 e. The van der Waals surface area contributed by atoms with Gasteiger partial charge in [-0.1, -0.05) is 72.7 Å². The minimum atomic E-state index is -2.04. The molecule has 2 atom stereocenters. The summed E-state index contributed by atoms with van der Waals surface area (Å²) in [7, 11) is 0. The number of hydrogen-bond acceptors (Lipinski definition) is 6. The molecule has 0 saturated carbocycles. The fraction of sp³-hybridized carbons (Fsp3) is 0.394. The fourth-order valence-electron chi connectivity index (χ4n) is 5.03. The van der Waals surface area contributed by atoms with Crippen LogP contribution in [0, 0.1) is 16.0 Å². The first kappa shape index (κ1) is 32.4. The summed E-state index contributed by atoms with van der Waals surface area (Å²) < 4.78 is 0. The van der Waals surface area contributed by atoms with Crippen molar-refractivity contribution in [3.05, 3.63) is 105 Å². The van der Waals surface area contributed by atoms with Gasteiger partial charge in [0, 0.05) is 49.7 Å². The predicted octanol–water partition coefficient (Wildman–Crippen LogP) is 5.43. The Morgan fingerprint density at radius 2 is 1.86 bits per heavy atom. The van der Waals surface area contributed by atoms with Crippen molar-refractivity contribution in [2.45, 2.75) is 59.1 Å². The zero-order valence-corrected chi connectivity index (χ0v) is 24.8. The van der Waals surface area contributed by atoms with Gasteiger partial charge in [-0.05, 0) is 45.2 Å². The van der Waals surface area contributed by atoms with Crippen molar-refractivity contribution in [1.29, 1.82) is 0 Å². The smallest absolute Gasteiger partial charge is 0.269 e. The van der Waals surface area contributed by atoms with Crippen molar-refractivity contribution in [3.8, 4) is 0 Å². The van der Waals surface area contributed by atoms with Gasteiger partial charge in [0.05, 0.1) is 17.2 Å². The number of fused-ring (bicyclic) bond motifs is 1. The summed E-state index contributed by atoms with van der Waals surface area (Å²) in [4.78, 5) is 40.7. The highest BCUT2D eigenvalue weighted by Gasteiger charge is 2.52. The Labute approximate surface area is 247 Å². The first-order chi connectivity index (χ1) is 20.0. The van der Waals surface area contributed by atoms with Crippen molar-refractivity contribution in [2.24, 2.45) is 5.92 Å². The minimum absolute atomic E-state index is 0.000562. The third-order valence-electron chi connectivity index (χ3n) is 7.49. The summed E-state index contributed by atoms with van der Waals surface area (Å²) >= 11 is 0. The number of rotatable bonds is 14. The quantitative estimate of drug-likeness (QED) is 0.176. The van der Waals surface area contributed by atoms with Crippen LogP contribution in [0.2, 0.25) is 0 Å². The van der Waals surface area contributed by atoms with Crippen molar-refractivity contribution in [1.82, 2.24) is 4.90 Å². The SMILES string of the molecule is CC(C)=CCC/C(C)=C/CN1C(=O)[C@@](O)([C@@H](C)/C=C/CC(=O)N(CCO)Cc2ccccc2)c2cc([N+](=O)[O-])ccc21. The van der Waals surface area contributed by atoms with Crippen LogP contribution in [0.3, 0.4) is 0 Å². The first-order valence-electron chi connectivity index (χ1n) is 14.2. The monoisotopic (exact) mass is 575 g/mol. The molecule has 1 heterocycles. The topological polar surface area (TPSA) is 124 Å². The van der Waals surface area contributed by atoms with Crippen molar-refractivity contribution in [2.75, 3.05) is 24.6 Å². The van der Waals surface area contributed by atoms with Crippen LogP contribution in [0.15, 0.2) is 84.0 Å². The van der Waals surface area contributed by atoms with Crippen LogP contribution in [-0.2, 0) is 21.7 Å². The Morgan fingerprint density at radius 1 is 1.14 bits per heavy atom. The zero-order valence-electron chi connectivity index (χ0n) is 24.8. The molecule has 0 aliphatic carbocycles. The summed E-state index contributed by atoms with van der Waals surface area (Å²) in [5.41, 5.74) is 1.60. The molecule has 0 radical (unpaired) electrons. The number of non-ortho nitro benzene ring substituents is 1. The number of amides is 2. The maximum atomic E-state index is 13.7. The highest BCUT2D eigenvalue weighted by Crippen LogP contribution is 2.46. The molecule has 0 bridgehead atoms. The third-order valence-corrected chi connectivity index (χ3v) is 7.49. The molecule has 9 nitrogen and oxygen atoms in total. The van der Waals surface area contributed by atoms with E-state index in [4.69, 9.17) is 0 Å². The van der Waals surface area contributed by atoms with Gasteiger partial charge in [0.15, 0.2) is 5.60 Å².